The number of carboxylic acids is 1. The predicted octanol–water partition coefficient (Wildman–Crippen LogP) is 2.89. The summed E-state index contributed by atoms with van der Waals surface area (Å²) in [4.78, 5) is 10.9. The van der Waals surface area contributed by atoms with Crippen LogP contribution >= 0.6 is 11.6 Å². The van der Waals surface area contributed by atoms with E-state index >= 15 is 0 Å². The summed E-state index contributed by atoms with van der Waals surface area (Å²) in [5.74, 6) is -0.938. The maximum atomic E-state index is 11.2. The van der Waals surface area contributed by atoms with Crippen molar-refractivity contribution in [2.24, 2.45) is 16.7 Å². The van der Waals surface area contributed by atoms with Crippen LogP contribution in [-0.4, -0.2) is 16.0 Å². The van der Waals surface area contributed by atoms with Crippen LogP contribution in [0.15, 0.2) is 0 Å². The van der Waals surface area contributed by atoms with Crippen LogP contribution in [0.3, 0.4) is 0 Å². The van der Waals surface area contributed by atoms with Gasteiger partial charge in [-0.15, -0.1) is 11.6 Å². The molecule has 0 aromatic rings. The summed E-state index contributed by atoms with van der Waals surface area (Å²) >= 11 is 6.55. The van der Waals surface area contributed by atoms with E-state index in [0.717, 1.165) is 12.8 Å². The highest BCUT2D eigenvalue weighted by molar-refractivity contribution is 6.25. The van der Waals surface area contributed by atoms with Gasteiger partial charge < -0.3 is 5.11 Å². The van der Waals surface area contributed by atoms with Gasteiger partial charge in [0.2, 0.25) is 0 Å². The monoisotopic (exact) mass is 216 g/mol. The molecule has 0 saturated heterocycles. The Hall–Kier alpha value is -0.240. The van der Waals surface area contributed by atoms with Gasteiger partial charge in [-0.05, 0) is 30.1 Å². The Morgan fingerprint density at radius 1 is 1.36 bits per heavy atom. The van der Waals surface area contributed by atoms with Crippen molar-refractivity contribution in [1.29, 1.82) is 0 Å². The smallest absolute Gasteiger partial charge is 0.307 e. The van der Waals surface area contributed by atoms with Gasteiger partial charge >= 0.3 is 5.97 Å². The second-order valence-electron chi connectivity index (χ2n) is 5.60. The molecular formula is C11H17ClO2. The molecule has 0 aliphatic heterocycles. The lowest BCUT2D eigenvalue weighted by Gasteiger charge is -2.38. The van der Waals surface area contributed by atoms with E-state index in [1.54, 1.807) is 0 Å². The first-order valence-corrected chi connectivity index (χ1v) is 5.54. The van der Waals surface area contributed by atoms with Crippen molar-refractivity contribution in [2.45, 2.75) is 44.9 Å². The zero-order valence-electron chi connectivity index (χ0n) is 8.93. The van der Waals surface area contributed by atoms with Gasteiger partial charge in [0.25, 0.3) is 0 Å². The van der Waals surface area contributed by atoms with Gasteiger partial charge in [0.05, 0.1) is 10.8 Å². The number of alkyl halides is 1. The summed E-state index contributed by atoms with van der Waals surface area (Å²) < 4.78 is 0. The van der Waals surface area contributed by atoms with Gasteiger partial charge in [-0.25, -0.2) is 0 Å². The molecule has 2 aliphatic rings. The summed E-state index contributed by atoms with van der Waals surface area (Å²) in [7, 11) is 0. The molecule has 0 spiro atoms. The minimum absolute atomic E-state index is 0.0649. The van der Waals surface area contributed by atoms with Gasteiger partial charge in [0, 0.05) is 0 Å². The van der Waals surface area contributed by atoms with Crippen LogP contribution in [0.2, 0.25) is 0 Å². The van der Waals surface area contributed by atoms with Gasteiger partial charge in [0.1, 0.15) is 0 Å². The molecule has 0 heterocycles. The first-order chi connectivity index (χ1) is 6.25. The molecule has 2 nitrogen and oxygen atoms in total. The van der Waals surface area contributed by atoms with Crippen molar-refractivity contribution in [3.05, 3.63) is 0 Å². The van der Waals surface area contributed by atoms with Crippen molar-refractivity contribution in [3.8, 4) is 0 Å². The molecule has 2 aliphatic carbocycles. The molecule has 0 amide bonds. The molecular weight excluding hydrogens is 200 g/mol. The summed E-state index contributed by atoms with van der Waals surface area (Å²) in [6.45, 7) is 6.33. The fourth-order valence-electron chi connectivity index (χ4n) is 3.47. The zero-order valence-corrected chi connectivity index (χ0v) is 9.69. The molecule has 80 valence electrons. The largest absolute Gasteiger partial charge is 0.481 e. The number of hydrogen-bond donors (Lipinski definition) is 1. The number of carboxylic acid groups (broad SMARTS) is 1. The summed E-state index contributed by atoms with van der Waals surface area (Å²) in [6.07, 6.45) is 2.54. The van der Waals surface area contributed by atoms with Crippen LogP contribution in [0.5, 0.6) is 0 Å². The molecule has 14 heavy (non-hydrogen) atoms. The third-order valence-corrected chi connectivity index (χ3v) is 6.00. The number of rotatable bonds is 1. The van der Waals surface area contributed by atoms with E-state index in [4.69, 9.17) is 11.6 Å². The lowest BCUT2D eigenvalue weighted by atomic mass is 9.67. The molecule has 0 aromatic carbocycles. The van der Waals surface area contributed by atoms with Crippen molar-refractivity contribution in [1.82, 2.24) is 0 Å². The van der Waals surface area contributed by atoms with Crippen molar-refractivity contribution in [3.63, 3.8) is 0 Å². The van der Waals surface area contributed by atoms with Crippen LogP contribution in [0.4, 0.5) is 0 Å². The summed E-state index contributed by atoms with van der Waals surface area (Å²) in [6, 6.07) is 0. The molecule has 2 fully saturated rings. The van der Waals surface area contributed by atoms with Crippen LogP contribution in [-0.2, 0) is 4.79 Å². The summed E-state index contributed by atoms with van der Waals surface area (Å²) in [5, 5.41) is 9.19. The maximum absolute atomic E-state index is 11.2. The highest BCUT2D eigenvalue weighted by Crippen LogP contribution is 2.72. The number of halogens is 1. The van der Waals surface area contributed by atoms with Gasteiger partial charge in [-0.3, -0.25) is 4.79 Å². The third kappa shape index (κ3) is 0.861. The first kappa shape index (κ1) is 10.3. The van der Waals surface area contributed by atoms with Crippen LogP contribution in [0.1, 0.15) is 40.0 Å². The Kier molecular flexibility index (Phi) is 1.81. The van der Waals surface area contributed by atoms with Crippen molar-refractivity contribution >= 4 is 17.6 Å². The maximum Gasteiger partial charge on any atom is 0.307 e. The van der Waals surface area contributed by atoms with Crippen molar-refractivity contribution < 1.29 is 9.90 Å². The molecule has 0 aromatic heterocycles. The third-order valence-electron chi connectivity index (χ3n) is 5.18. The Labute approximate surface area is 89.6 Å². The zero-order chi connectivity index (χ0) is 10.8. The standard InChI is InChI=1S/C11H17ClO2/c1-9(2)10(3)4-5-11(9,12)6-7(10)8(13)14/h7H,4-6H2,1-3H3,(H,13,14). The van der Waals surface area contributed by atoms with E-state index in [2.05, 4.69) is 20.8 Å². The average molecular weight is 217 g/mol. The van der Waals surface area contributed by atoms with E-state index < -0.39 is 5.97 Å². The molecule has 1 N–H and O–H groups in total. The first-order valence-electron chi connectivity index (χ1n) is 5.16. The lowest BCUT2D eigenvalue weighted by Crippen LogP contribution is -2.37. The number of hydrogen-bond acceptors (Lipinski definition) is 1. The van der Waals surface area contributed by atoms with E-state index in [1.807, 2.05) is 0 Å². The molecule has 2 rings (SSSR count). The van der Waals surface area contributed by atoms with Crippen LogP contribution in [0, 0.1) is 16.7 Å². The summed E-state index contributed by atoms with van der Waals surface area (Å²) in [5.41, 5.74) is -0.189. The average Bonchev–Trinajstić information content (AvgIpc) is 2.32. The second kappa shape index (κ2) is 2.46. The van der Waals surface area contributed by atoms with Crippen LogP contribution in [0.25, 0.3) is 0 Å². The van der Waals surface area contributed by atoms with E-state index in [-0.39, 0.29) is 21.6 Å². The lowest BCUT2D eigenvalue weighted by molar-refractivity contribution is -0.147. The van der Waals surface area contributed by atoms with Gasteiger partial charge in [-0.2, -0.15) is 0 Å². The number of fused-ring (bicyclic) bond motifs is 2. The highest BCUT2D eigenvalue weighted by Gasteiger charge is 2.70. The Morgan fingerprint density at radius 3 is 2.14 bits per heavy atom. The predicted molar refractivity (Wildman–Crippen MR) is 55.4 cm³/mol. The molecule has 0 radical (unpaired) electrons. The molecule has 3 atom stereocenters. The Balaban J connectivity index is 2.47. The number of aliphatic carboxylic acids is 1. The Bertz CT molecular complexity index is 300. The normalized spacial score (nSPS) is 49.6. The molecule has 3 unspecified atom stereocenters. The number of carbonyl (C=O) groups is 1. The molecule has 2 saturated carbocycles. The van der Waals surface area contributed by atoms with Gasteiger partial charge in [0.15, 0.2) is 0 Å². The highest BCUT2D eigenvalue weighted by atomic mass is 35.5. The second-order valence-corrected chi connectivity index (χ2v) is 6.33. The molecule has 2 bridgehead atoms. The van der Waals surface area contributed by atoms with Gasteiger partial charge in [-0.1, -0.05) is 20.8 Å². The van der Waals surface area contributed by atoms with E-state index in [0.29, 0.717) is 6.42 Å². The fraction of sp³-hybridized carbons (Fsp3) is 0.909. The van der Waals surface area contributed by atoms with E-state index in [9.17, 15) is 9.90 Å². The van der Waals surface area contributed by atoms with E-state index in [1.165, 1.54) is 0 Å². The SMILES string of the molecule is CC12CCC(Cl)(CC1C(=O)O)C2(C)C. The topological polar surface area (TPSA) is 37.3 Å². The molecule has 3 heteroatoms. The quantitative estimate of drug-likeness (QED) is 0.685. The van der Waals surface area contributed by atoms with Crippen LogP contribution < -0.4 is 0 Å². The fourth-order valence-corrected chi connectivity index (χ4v) is 3.93. The minimum atomic E-state index is -0.678. The Morgan fingerprint density at radius 2 is 1.93 bits per heavy atom. The minimum Gasteiger partial charge on any atom is -0.481 e. The van der Waals surface area contributed by atoms with Crippen molar-refractivity contribution in [2.75, 3.05) is 0 Å².